The molecule has 0 aromatic heterocycles. The number of hydrogen-bond acceptors (Lipinski definition) is 4. The Labute approximate surface area is 120 Å². The van der Waals surface area contributed by atoms with Gasteiger partial charge in [-0.1, -0.05) is 26.7 Å². The summed E-state index contributed by atoms with van der Waals surface area (Å²) in [6.45, 7) is 11.0. The first-order valence-electron chi connectivity index (χ1n) is 7.87. The smallest absolute Gasteiger partial charge is 0.336 e. The Hall–Kier alpha value is 0.0569. The van der Waals surface area contributed by atoms with Gasteiger partial charge < -0.3 is 19.9 Å². The molecule has 0 spiro atoms. The van der Waals surface area contributed by atoms with Crippen LogP contribution in [0.2, 0.25) is 12.6 Å². The molecule has 0 rings (SSSR count). The van der Waals surface area contributed by atoms with Crippen molar-refractivity contribution in [3.05, 3.63) is 0 Å². The third-order valence-corrected chi connectivity index (χ3v) is 5.91. The second-order valence-electron chi connectivity index (χ2n) is 5.18. The maximum Gasteiger partial charge on any atom is 0.336 e. The Morgan fingerprint density at radius 3 is 2.00 bits per heavy atom. The van der Waals surface area contributed by atoms with Crippen LogP contribution in [0.1, 0.15) is 46.0 Å². The molecule has 0 aromatic rings. The second kappa shape index (κ2) is 13.1. The summed E-state index contributed by atoms with van der Waals surface area (Å²) in [6.07, 6.45) is 5.63. The highest BCUT2D eigenvalue weighted by molar-refractivity contribution is 6.66. The maximum absolute atomic E-state index is 6.08. The molecule has 0 unspecified atom stereocenters. The summed E-state index contributed by atoms with van der Waals surface area (Å²) in [5, 5.41) is 3.42. The quantitative estimate of drug-likeness (QED) is 0.381. The van der Waals surface area contributed by atoms with E-state index in [-0.39, 0.29) is 0 Å². The van der Waals surface area contributed by atoms with Crippen LogP contribution in [0.25, 0.3) is 0 Å². The van der Waals surface area contributed by atoms with E-state index < -0.39 is 8.56 Å². The van der Waals surface area contributed by atoms with Crippen LogP contribution in [0.5, 0.6) is 0 Å². The molecule has 0 bridgehead atoms. The van der Waals surface area contributed by atoms with Crippen LogP contribution in [0.4, 0.5) is 0 Å². The lowest BCUT2D eigenvalue weighted by atomic mass is 10.4. The summed E-state index contributed by atoms with van der Waals surface area (Å²) >= 11 is 0. The first kappa shape index (κ1) is 19.1. The molecule has 0 heterocycles. The van der Waals surface area contributed by atoms with Crippen molar-refractivity contribution in [2.24, 2.45) is 5.73 Å². The number of rotatable bonds is 14. The monoisotopic (exact) mass is 290 g/mol. The Morgan fingerprint density at radius 2 is 1.53 bits per heavy atom. The summed E-state index contributed by atoms with van der Waals surface area (Å²) in [7, 11) is -1.98. The SMILES string of the molecule is CCCCO[Si](C)(CCNCCCN)OCCCC. The first-order chi connectivity index (χ1) is 9.18. The average molecular weight is 291 g/mol. The molecule has 116 valence electrons. The maximum atomic E-state index is 6.08. The lowest BCUT2D eigenvalue weighted by Gasteiger charge is -2.27. The topological polar surface area (TPSA) is 56.5 Å². The molecule has 0 saturated carbocycles. The number of hydrogen-bond donors (Lipinski definition) is 2. The Bertz CT molecular complexity index is 184. The Kier molecular flexibility index (Phi) is 13.1. The van der Waals surface area contributed by atoms with E-state index in [0.29, 0.717) is 0 Å². The van der Waals surface area contributed by atoms with Crippen LogP contribution in [0, 0.1) is 0 Å². The molecule has 3 N–H and O–H groups in total. The van der Waals surface area contributed by atoms with Gasteiger partial charge in [0.25, 0.3) is 0 Å². The van der Waals surface area contributed by atoms with Crippen molar-refractivity contribution >= 4 is 8.56 Å². The van der Waals surface area contributed by atoms with Crippen LogP contribution in [0.3, 0.4) is 0 Å². The minimum Gasteiger partial charge on any atom is -0.394 e. The molecule has 0 saturated heterocycles. The van der Waals surface area contributed by atoms with E-state index >= 15 is 0 Å². The highest BCUT2D eigenvalue weighted by Gasteiger charge is 2.30. The Balaban J connectivity index is 3.92. The molecule has 4 nitrogen and oxygen atoms in total. The third-order valence-electron chi connectivity index (χ3n) is 3.12. The molecule has 0 radical (unpaired) electrons. The van der Waals surface area contributed by atoms with Gasteiger partial charge in [0.05, 0.1) is 0 Å². The molecule has 5 heteroatoms. The Morgan fingerprint density at radius 1 is 0.947 bits per heavy atom. The highest BCUT2D eigenvalue weighted by Crippen LogP contribution is 2.14. The largest absolute Gasteiger partial charge is 0.394 e. The van der Waals surface area contributed by atoms with Gasteiger partial charge in [0.1, 0.15) is 0 Å². The van der Waals surface area contributed by atoms with Crippen LogP contribution in [-0.2, 0) is 8.85 Å². The molecule has 19 heavy (non-hydrogen) atoms. The second-order valence-corrected chi connectivity index (χ2v) is 8.53. The molecule has 0 fully saturated rings. The fraction of sp³-hybridized carbons (Fsp3) is 1.00. The minimum absolute atomic E-state index is 0.752. The summed E-state index contributed by atoms with van der Waals surface area (Å²) in [6, 6.07) is 1.02. The van der Waals surface area contributed by atoms with Gasteiger partial charge in [-0.25, -0.2) is 0 Å². The third kappa shape index (κ3) is 11.6. The summed E-state index contributed by atoms with van der Waals surface area (Å²) in [5.74, 6) is 0. The summed E-state index contributed by atoms with van der Waals surface area (Å²) < 4.78 is 12.2. The van der Waals surface area contributed by atoms with Crippen molar-refractivity contribution < 1.29 is 8.85 Å². The summed E-state index contributed by atoms with van der Waals surface area (Å²) in [5.41, 5.74) is 5.48. The van der Waals surface area contributed by atoms with Gasteiger partial charge in [0, 0.05) is 19.3 Å². The van der Waals surface area contributed by atoms with E-state index in [9.17, 15) is 0 Å². The van der Waals surface area contributed by atoms with Crippen molar-refractivity contribution in [1.29, 1.82) is 0 Å². The normalized spacial score (nSPS) is 12.0. The number of nitrogens with one attached hydrogen (secondary N) is 1. The van der Waals surface area contributed by atoms with Crippen molar-refractivity contribution in [3.8, 4) is 0 Å². The predicted molar refractivity (Wildman–Crippen MR) is 84.7 cm³/mol. The zero-order valence-corrected chi connectivity index (χ0v) is 14.2. The molecule has 0 amide bonds. The van der Waals surface area contributed by atoms with Crippen molar-refractivity contribution in [3.63, 3.8) is 0 Å². The van der Waals surface area contributed by atoms with Gasteiger partial charge in [0.15, 0.2) is 0 Å². The van der Waals surface area contributed by atoms with E-state index in [1.165, 1.54) is 12.8 Å². The van der Waals surface area contributed by atoms with Gasteiger partial charge in [0.2, 0.25) is 0 Å². The fourth-order valence-electron chi connectivity index (χ4n) is 1.72. The van der Waals surface area contributed by atoms with E-state index in [0.717, 1.165) is 58.2 Å². The van der Waals surface area contributed by atoms with Gasteiger partial charge in [-0.3, -0.25) is 0 Å². The zero-order valence-electron chi connectivity index (χ0n) is 13.2. The van der Waals surface area contributed by atoms with E-state index in [1.54, 1.807) is 0 Å². The fourth-order valence-corrected chi connectivity index (χ4v) is 3.87. The lowest BCUT2D eigenvalue weighted by molar-refractivity contribution is 0.168. The van der Waals surface area contributed by atoms with Gasteiger partial charge in [-0.2, -0.15) is 0 Å². The standard InChI is InChI=1S/C14H34N2O2Si/c1-4-6-12-17-19(3,18-13-7-5-2)14-11-16-10-8-9-15/h16H,4-15H2,1-3H3. The molecular formula is C14H34N2O2Si. The van der Waals surface area contributed by atoms with Crippen LogP contribution in [-0.4, -0.2) is 41.4 Å². The van der Waals surface area contributed by atoms with E-state index in [1.807, 2.05) is 0 Å². The number of nitrogens with two attached hydrogens (primary N) is 1. The number of unbranched alkanes of at least 4 members (excludes halogenated alkanes) is 2. The van der Waals surface area contributed by atoms with Gasteiger partial charge >= 0.3 is 8.56 Å². The molecule has 0 aliphatic heterocycles. The molecular weight excluding hydrogens is 256 g/mol. The summed E-state index contributed by atoms with van der Waals surface area (Å²) in [4.78, 5) is 0. The predicted octanol–water partition coefficient (Wildman–Crippen LogP) is 2.63. The van der Waals surface area contributed by atoms with Crippen molar-refractivity contribution in [2.75, 3.05) is 32.8 Å². The lowest BCUT2D eigenvalue weighted by Crippen LogP contribution is -2.42. The van der Waals surface area contributed by atoms with Crippen molar-refractivity contribution in [1.82, 2.24) is 5.32 Å². The van der Waals surface area contributed by atoms with Crippen LogP contribution in [0.15, 0.2) is 0 Å². The minimum atomic E-state index is -1.98. The average Bonchev–Trinajstić information content (AvgIpc) is 2.39. The van der Waals surface area contributed by atoms with Gasteiger partial charge in [-0.15, -0.1) is 0 Å². The molecule has 0 aliphatic rings. The first-order valence-corrected chi connectivity index (χ1v) is 10.4. The van der Waals surface area contributed by atoms with E-state index in [4.69, 9.17) is 14.6 Å². The molecule has 0 atom stereocenters. The molecule has 0 aromatic carbocycles. The highest BCUT2D eigenvalue weighted by atomic mass is 28.4. The van der Waals surface area contributed by atoms with E-state index in [2.05, 4.69) is 25.7 Å². The zero-order chi connectivity index (χ0) is 14.4. The van der Waals surface area contributed by atoms with Crippen molar-refractivity contribution in [2.45, 2.75) is 58.5 Å². The molecule has 0 aliphatic carbocycles. The van der Waals surface area contributed by atoms with Crippen LogP contribution < -0.4 is 11.1 Å². The van der Waals surface area contributed by atoms with Crippen LogP contribution >= 0.6 is 0 Å². The van der Waals surface area contributed by atoms with Gasteiger partial charge in [-0.05, 0) is 45.4 Å².